The van der Waals surface area contributed by atoms with Crippen LogP contribution < -0.4 is 0 Å². The lowest BCUT2D eigenvalue weighted by atomic mass is 10.0. The first-order valence-electron chi connectivity index (χ1n) is 28.8. The van der Waals surface area contributed by atoms with Gasteiger partial charge in [0.2, 0.25) is 0 Å². The quantitative estimate of drug-likeness (QED) is 0.0262. The molecule has 0 saturated heterocycles. The monoisotopic (exact) mass is 915 g/mol. The van der Waals surface area contributed by atoms with Crippen LogP contribution in [0.15, 0.2) is 24.3 Å². The van der Waals surface area contributed by atoms with E-state index in [9.17, 15) is 14.4 Å². The van der Waals surface area contributed by atoms with Gasteiger partial charge in [-0.05, 0) is 70.6 Å². The Labute approximate surface area is 404 Å². The fraction of sp³-hybridized carbons (Fsp3) is 0.881. The van der Waals surface area contributed by atoms with Gasteiger partial charge >= 0.3 is 17.9 Å². The molecule has 0 saturated carbocycles. The normalized spacial score (nSPS) is 12.1. The Morgan fingerprint density at radius 3 is 0.785 bits per heavy atom. The summed E-state index contributed by atoms with van der Waals surface area (Å²) in [5.74, 6) is -0.891. The number of unbranched alkanes of at least 4 members (excludes halogenated alkanes) is 38. The lowest BCUT2D eigenvalue weighted by molar-refractivity contribution is -0.167. The molecular weight excluding hydrogens is 805 g/mol. The highest BCUT2D eigenvalue weighted by atomic mass is 16.6. The summed E-state index contributed by atoms with van der Waals surface area (Å²) in [5, 5.41) is 0. The minimum absolute atomic E-state index is 0.0777. The SMILES string of the molecule is CCCCCCCCC/C=C\CCCCCC(=O)OCC(COC(=O)CCCCCCCCCCCCCCCCCCCCC)OC(=O)CCCCC/C=C\CCCCCCCCC. The third-order valence-electron chi connectivity index (χ3n) is 12.9. The van der Waals surface area contributed by atoms with Crippen molar-refractivity contribution in [3.05, 3.63) is 24.3 Å². The number of esters is 3. The van der Waals surface area contributed by atoms with Crippen LogP contribution in [0.1, 0.15) is 316 Å². The maximum absolute atomic E-state index is 12.8. The molecule has 1 unspecified atom stereocenters. The van der Waals surface area contributed by atoms with E-state index in [1.807, 2.05) is 0 Å². The first kappa shape index (κ1) is 62.9. The van der Waals surface area contributed by atoms with Gasteiger partial charge in [-0.25, -0.2) is 0 Å². The molecule has 0 fully saturated rings. The molecule has 0 aromatic heterocycles. The van der Waals surface area contributed by atoms with Gasteiger partial charge in [-0.15, -0.1) is 0 Å². The van der Waals surface area contributed by atoms with Crippen LogP contribution in [-0.2, 0) is 28.6 Å². The van der Waals surface area contributed by atoms with Gasteiger partial charge in [0.05, 0.1) is 0 Å². The molecule has 0 amide bonds. The first-order valence-corrected chi connectivity index (χ1v) is 28.8. The van der Waals surface area contributed by atoms with Crippen molar-refractivity contribution >= 4 is 17.9 Å². The molecule has 0 heterocycles. The summed E-state index contributed by atoms with van der Waals surface area (Å²) in [6.45, 7) is 6.65. The minimum Gasteiger partial charge on any atom is -0.462 e. The predicted molar refractivity (Wildman–Crippen MR) is 279 cm³/mol. The van der Waals surface area contributed by atoms with Crippen LogP contribution in [0.2, 0.25) is 0 Å². The van der Waals surface area contributed by atoms with Crippen LogP contribution in [0.5, 0.6) is 0 Å². The van der Waals surface area contributed by atoms with Gasteiger partial charge < -0.3 is 14.2 Å². The second-order valence-electron chi connectivity index (χ2n) is 19.6. The molecule has 0 spiro atoms. The molecule has 65 heavy (non-hydrogen) atoms. The maximum Gasteiger partial charge on any atom is 0.306 e. The van der Waals surface area contributed by atoms with Gasteiger partial charge in [-0.1, -0.05) is 251 Å². The van der Waals surface area contributed by atoms with Crippen LogP contribution in [-0.4, -0.2) is 37.2 Å². The van der Waals surface area contributed by atoms with E-state index in [1.165, 1.54) is 193 Å². The van der Waals surface area contributed by atoms with Gasteiger partial charge in [0.1, 0.15) is 13.2 Å². The number of hydrogen-bond acceptors (Lipinski definition) is 6. The Hall–Kier alpha value is -2.11. The Kier molecular flexibility index (Phi) is 52.7. The first-order chi connectivity index (χ1) is 32.0. The Morgan fingerprint density at radius 2 is 0.508 bits per heavy atom. The van der Waals surface area contributed by atoms with E-state index < -0.39 is 6.10 Å². The van der Waals surface area contributed by atoms with Gasteiger partial charge in [-0.3, -0.25) is 14.4 Å². The van der Waals surface area contributed by atoms with E-state index >= 15 is 0 Å². The van der Waals surface area contributed by atoms with Crippen molar-refractivity contribution in [1.82, 2.24) is 0 Å². The molecule has 0 aromatic rings. The number of allylic oxidation sites excluding steroid dienone is 4. The van der Waals surface area contributed by atoms with E-state index in [2.05, 4.69) is 45.1 Å². The van der Waals surface area contributed by atoms with Crippen molar-refractivity contribution in [2.75, 3.05) is 13.2 Å². The number of hydrogen-bond donors (Lipinski definition) is 0. The van der Waals surface area contributed by atoms with Crippen LogP contribution >= 0.6 is 0 Å². The molecule has 6 nitrogen and oxygen atoms in total. The minimum atomic E-state index is -0.781. The van der Waals surface area contributed by atoms with Crippen molar-refractivity contribution < 1.29 is 28.6 Å². The summed E-state index contributed by atoms with van der Waals surface area (Å²) in [7, 11) is 0. The molecular formula is C59H110O6. The Morgan fingerprint density at radius 1 is 0.292 bits per heavy atom. The molecule has 0 N–H and O–H groups in total. The second kappa shape index (κ2) is 54.5. The maximum atomic E-state index is 12.8. The average Bonchev–Trinajstić information content (AvgIpc) is 3.30. The van der Waals surface area contributed by atoms with Crippen molar-refractivity contribution in [3.8, 4) is 0 Å². The van der Waals surface area contributed by atoms with E-state index in [-0.39, 0.29) is 31.1 Å². The molecule has 382 valence electrons. The second-order valence-corrected chi connectivity index (χ2v) is 19.6. The molecule has 1 atom stereocenters. The fourth-order valence-electron chi connectivity index (χ4n) is 8.55. The smallest absolute Gasteiger partial charge is 0.306 e. The summed E-state index contributed by atoms with van der Waals surface area (Å²) in [4.78, 5) is 38.1. The standard InChI is InChI=1S/C59H110O6/c1-4-7-10-13-16-19-22-25-28-29-30-31-32-35-37-40-43-46-49-52-58(61)64-55-56(65-59(62)53-50-47-44-41-38-34-27-24-21-18-15-12-9-6-3)54-63-57(60)51-48-45-42-39-36-33-26-23-20-17-14-11-8-5-2/h33-34,36,38,56H,4-32,35,37,39-55H2,1-3H3/b36-33-,38-34-. The van der Waals surface area contributed by atoms with Crippen LogP contribution in [0.4, 0.5) is 0 Å². The molecule has 0 aliphatic rings. The number of rotatable bonds is 53. The molecule has 0 radical (unpaired) electrons. The summed E-state index contributed by atoms with van der Waals surface area (Å²) < 4.78 is 16.8. The highest BCUT2D eigenvalue weighted by Crippen LogP contribution is 2.17. The summed E-state index contributed by atoms with van der Waals surface area (Å²) >= 11 is 0. The van der Waals surface area contributed by atoms with Gasteiger partial charge in [0, 0.05) is 19.3 Å². The summed E-state index contributed by atoms with van der Waals surface area (Å²) in [5.41, 5.74) is 0. The summed E-state index contributed by atoms with van der Waals surface area (Å²) in [6.07, 6.45) is 63.1. The zero-order valence-electron chi connectivity index (χ0n) is 43.8. The number of carbonyl (C=O) groups is 3. The zero-order valence-corrected chi connectivity index (χ0v) is 43.8. The lowest BCUT2D eigenvalue weighted by Gasteiger charge is -2.18. The largest absolute Gasteiger partial charge is 0.462 e. The highest BCUT2D eigenvalue weighted by molar-refractivity contribution is 5.71. The van der Waals surface area contributed by atoms with Crippen molar-refractivity contribution in [2.24, 2.45) is 0 Å². The highest BCUT2D eigenvalue weighted by Gasteiger charge is 2.19. The van der Waals surface area contributed by atoms with Gasteiger partial charge in [-0.2, -0.15) is 0 Å². The predicted octanol–water partition coefficient (Wildman–Crippen LogP) is 19.1. The number of ether oxygens (including phenoxy) is 3. The summed E-state index contributed by atoms with van der Waals surface area (Å²) in [6, 6.07) is 0. The van der Waals surface area contributed by atoms with E-state index in [0.717, 1.165) is 83.5 Å². The fourth-order valence-corrected chi connectivity index (χ4v) is 8.55. The van der Waals surface area contributed by atoms with Gasteiger partial charge in [0.25, 0.3) is 0 Å². The van der Waals surface area contributed by atoms with Crippen LogP contribution in [0.3, 0.4) is 0 Å². The van der Waals surface area contributed by atoms with E-state index in [1.54, 1.807) is 0 Å². The van der Waals surface area contributed by atoms with Crippen molar-refractivity contribution in [1.29, 1.82) is 0 Å². The van der Waals surface area contributed by atoms with Crippen LogP contribution in [0, 0.1) is 0 Å². The Balaban J connectivity index is 4.33. The van der Waals surface area contributed by atoms with Crippen LogP contribution in [0.25, 0.3) is 0 Å². The third kappa shape index (κ3) is 52.7. The zero-order chi connectivity index (χ0) is 47.2. The van der Waals surface area contributed by atoms with Gasteiger partial charge in [0.15, 0.2) is 6.10 Å². The molecule has 0 rings (SSSR count). The van der Waals surface area contributed by atoms with E-state index in [0.29, 0.717) is 19.3 Å². The van der Waals surface area contributed by atoms with E-state index in [4.69, 9.17) is 14.2 Å². The molecule has 0 aliphatic carbocycles. The topological polar surface area (TPSA) is 78.9 Å². The Bertz CT molecular complexity index is 1050. The molecule has 0 bridgehead atoms. The molecule has 6 heteroatoms. The average molecular weight is 916 g/mol. The lowest BCUT2D eigenvalue weighted by Crippen LogP contribution is -2.30. The molecule has 0 aliphatic heterocycles. The van der Waals surface area contributed by atoms with Crippen molar-refractivity contribution in [2.45, 2.75) is 322 Å². The van der Waals surface area contributed by atoms with Crippen molar-refractivity contribution in [3.63, 3.8) is 0 Å². The number of carbonyl (C=O) groups excluding carboxylic acids is 3. The third-order valence-corrected chi connectivity index (χ3v) is 12.9. The molecule has 0 aromatic carbocycles.